The molecule has 0 saturated carbocycles. The minimum Gasteiger partial charge on any atom is -0.506 e. The highest BCUT2D eigenvalue weighted by Gasteiger charge is 2.48. The van der Waals surface area contributed by atoms with Crippen molar-refractivity contribution in [1.29, 1.82) is 0 Å². The summed E-state index contributed by atoms with van der Waals surface area (Å²) >= 11 is 0. The van der Waals surface area contributed by atoms with E-state index in [1.54, 1.807) is 0 Å². The van der Waals surface area contributed by atoms with Crippen molar-refractivity contribution in [2.75, 3.05) is 11.5 Å². The van der Waals surface area contributed by atoms with Crippen LogP contribution in [0.2, 0.25) is 0 Å². The molecule has 1 aliphatic rings. The molecule has 0 amide bonds. The molecule has 5 aromatic carbocycles. The molecular weight excluding hydrogens is 480 g/mol. The van der Waals surface area contributed by atoms with E-state index in [4.69, 9.17) is 11.5 Å². The third kappa shape index (κ3) is 3.63. The molecule has 0 bridgehead atoms. The lowest BCUT2D eigenvalue weighted by Gasteiger charge is -2.35. The number of rotatable bonds is 2. The van der Waals surface area contributed by atoms with E-state index in [9.17, 15) is 10.2 Å². The van der Waals surface area contributed by atoms with Crippen molar-refractivity contribution in [3.8, 4) is 34.5 Å². The predicted molar refractivity (Wildman–Crippen MR) is 158 cm³/mol. The van der Waals surface area contributed by atoms with Gasteiger partial charge in [0.1, 0.15) is 11.5 Å². The fourth-order valence-corrected chi connectivity index (χ4v) is 5.94. The Bertz CT molecular complexity index is 1720. The summed E-state index contributed by atoms with van der Waals surface area (Å²) < 4.78 is 0. The molecule has 0 fully saturated rings. The molecular formula is C35H28N2O2. The first-order valence-electron chi connectivity index (χ1n) is 12.8. The Morgan fingerprint density at radius 3 is 1.79 bits per heavy atom. The minimum absolute atomic E-state index is 0.0685. The number of phenols is 2. The van der Waals surface area contributed by atoms with Crippen LogP contribution in [-0.2, 0) is 5.41 Å². The van der Waals surface area contributed by atoms with Crippen molar-refractivity contribution in [2.45, 2.75) is 19.3 Å². The monoisotopic (exact) mass is 508 g/mol. The lowest BCUT2D eigenvalue weighted by molar-refractivity contribution is 0.473. The van der Waals surface area contributed by atoms with Crippen LogP contribution < -0.4 is 11.5 Å². The molecule has 0 radical (unpaired) electrons. The molecule has 0 atom stereocenters. The van der Waals surface area contributed by atoms with E-state index in [1.165, 1.54) is 0 Å². The maximum Gasteiger partial charge on any atom is 0.141 e. The second kappa shape index (κ2) is 9.01. The molecule has 6 rings (SSSR count). The SMILES string of the molecule is Cc1cc(C2(c3cc(C)c(O)c(N)c3)c3ccccc3-c3cccc(C#Cc4ccccc4)c32)cc(N)c1O. The highest BCUT2D eigenvalue weighted by Crippen LogP contribution is 2.58. The molecule has 0 heterocycles. The van der Waals surface area contributed by atoms with Crippen LogP contribution in [0.5, 0.6) is 11.5 Å². The molecule has 0 saturated heterocycles. The zero-order chi connectivity index (χ0) is 27.3. The topological polar surface area (TPSA) is 92.5 Å². The Kier molecular flexibility index (Phi) is 5.59. The third-order valence-corrected chi connectivity index (χ3v) is 7.70. The maximum atomic E-state index is 10.6. The van der Waals surface area contributed by atoms with Gasteiger partial charge in [-0.3, -0.25) is 0 Å². The average Bonchev–Trinajstić information content (AvgIpc) is 3.25. The van der Waals surface area contributed by atoms with Gasteiger partial charge in [-0.25, -0.2) is 0 Å². The smallest absolute Gasteiger partial charge is 0.141 e. The average molecular weight is 509 g/mol. The summed E-state index contributed by atoms with van der Waals surface area (Å²) in [6.07, 6.45) is 0. The van der Waals surface area contributed by atoms with E-state index >= 15 is 0 Å². The predicted octanol–water partition coefficient (Wildman–Crippen LogP) is 6.64. The first-order chi connectivity index (χ1) is 18.8. The summed E-state index contributed by atoms with van der Waals surface area (Å²) in [5.74, 6) is 6.94. The molecule has 0 spiro atoms. The van der Waals surface area contributed by atoms with Crippen LogP contribution in [0.1, 0.15) is 44.5 Å². The Morgan fingerprint density at radius 1 is 0.615 bits per heavy atom. The Balaban J connectivity index is 1.79. The van der Waals surface area contributed by atoms with Crippen LogP contribution in [-0.4, -0.2) is 10.2 Å². The molecule has 0 aliphatic heterocycles. The van der Waals surface area contributed by atoms with E-state index < -0.39 is 5.41 Å². The van der Waals surface area contributed by atoms with Crippen molar-refractivity contribution in [2.24, 2.45) is 0 Å². The first-order valence-corrected chi connectivity index (χ1v) is 12.8. The van der Waals surface area contributed by atoms with E-state index in [-0.39, 0.29) is 11.5 Å². The summed E-state index contributed by atoms with van der Waals surface area (Å²) in [7, 11) is 0. The quantitative estimate of drug-likeness (QED) is 0.120. The number of phenolic OH excluding ortho intramolecular Hbond substituents is 2. The molecule has 5 aromatic rings. The van der Waals surface area contributed by atoms with Gasteiger partial charge in [-0.2, -0.15) is 0 Å². The molecule has 0 aromatic heterocycles. The van der Waals surface area contributed by atoms with Crippen molar-refractivity contribution in [3.05, 3.63) is 142 Å². The van der Waals surface area contributed by atoms with Crippen LogP contribution in [0.3, 0.4) is 0 Å². The van der Waals surface area contributed by atoms with Gasteiger partial charge in [0.2, 0.25) is 0 Å². The van der Waals surface area contributed by atoms with Crippen LogP contribution >= 0.6 is 0 Å². The van der Waals surface area contributed by atoms with E-state index in [2.05, 4.69) is 30.0 Å². The second-order valence-corrected chi connectivity index (χ2v) is 10.1. The summed E-state index contributed by atoms with van der Waals surface area (Å²) in [6.45, 7) is 3.70. The van der Waals surface area contributed by atoms with Gasteiger partial charge in [0.15, 0.2) is 0 Å². The van der Waals surface area contributed by atoms with Gasteiger partial charge in [-0.1, -0.05) is 78.6 Å². The molecule has 4 heteroatoms. The molecule has 6 N–H and O–H groups in total. The van der Waals surface area contributed by atoms with Crippen molar-refractivity contribution < 1.29 is 10.2 Å². The number of hydrogen-bond acceptors (Lipinski definition) is 4. The largest absolute Gasteiger partial charge is 0.506 e. The number of anilines is 2. The van der Waals surface area contributed by atoms with Crippen molar-refractivity contribution in [3.63, 3.8) is 0 Å². The zero-order valence-corrected chi connectivity index (χ0v) is 21.8. The number of hydrogen-bond donors (Lipinski definition) is 4. The fourth-order valence-electron chi connectivity index (χ4n) is 5.94. The van der Waals surface area contributed by atoms with Gasteiger partial charge in [-0.15, -0.1) is 0 Å². The lowest BCUT2D eigenvalue weighted by Crippen LogP contribution is -2.30. The minimum atomic E-state index is -0.854. The van der Waals surface area contributed by atoms with Gasteiger partial charge in [-0.05, 0) is 88.7 Å². The van der Waals surface area contributed by atoms with Crippen LogP contribution in [0, 0.1) is 25.7 Å². The Hall–Kier alpha value is -5.14. The summed E-state index contributed by atoms with van der Waals surface area (Å²) in [5, 5.41) is 21.2. The van der Waals surface area contributed by atoms with Crippen molar-refractivity contribution >= 4 is 11.4 Å². The second-order valence-electron chi connectivity index (χ2n) is 10.1. The molecule has 39 heavy (non-hydrogen) atoms. The van der Waals surface area contributed by atoms with Gasteiger partial charge >= 0.3 is 0 Å². The maximum absolute atomic E-state index is 10.6. The fraction of sp³-hybridized carbons (Fsp3) is 0.0857. The van der Waals surface area contributed by atoms with E-state index in [0.717, 1.165) is 44.5 Å². The number of aryl methyl sites for hydroxylation is 2. The normalized spacial score (nSPS) is 12.8. The van der Waals surface area contributed by atoms with E-state index in [1.807, 2.05) is 92.7 Å². The molecule has 4 nitrogen and oxygen atoms in total. The molecule has 1 aliphatic carbocycles. The third-order valence-electron chi connectivity index (χ3n) is 7.70. The molecule has 190 valence electrons. The van der Waals surface area contributed by atoms with Gasteiger partial charge < -0.3 is 21.7 Å². The Labute approximate surface area is 228 Å². The van der Waals surface area contributed by atoms with Gasteiger partial charge in [0.25, 0.3) is 0 Å². The number of nitrogens with two attached hydrogens (primary N) is 2. The standard InChI is InChI=1S/C35H28N2O2/c1-21-17-25(19-30(36)33(21)38)35(26-18-22(2)34(39)31(37)20-26)29-14-7-6-12-27(29)28-13-8-11-24(32(28)35)16-15-23-9-4-3-5-10-23/h3-14,17-20,38-39H,36-37H2,1-2H3. The van der Waals surface area contributed by atoms with Crippen LogP contribution in [0.4, 0.5) is 11.4 Å². The Morgan fingerprint density at radius 2 is 1.18 bits per heavy atom. The highest BCUT2D eigenvalue weighted by atomic mass is 16.3. The number of benzene rings is 5. The number of nitrogen functional groups attached to an aromatic ring is 2. The summed E-state index contributed by atoms with van der Waals surface area (Å²) in [4.78, 5) is 0. The van der Waals surface area contributed by atoms with E-state index in [0.29, 0.717) is 22.5 Å². The highest BCUT2D eigenvalue weighted by molar-refractivity contribution is 5.89. The zero-order valence-electron chi connectivity index (χ0n) is 21.8. The van der Waals surface area contributed by atoms with Gasteiger partial charge in [0, 0.05) is 11.1 Å². The van der Waals surface area contributed by atoms with Crippen molar-refractivity contribution in [1.82, 2.24) is 0 Å². The molecule has 0 unspecified atom stereocenters. The first kappa shape index (κ1) is 24.2. The lowest BCUT2D eigenvalue weighted by atomic mass is 9.66. The van der Waals surface area contributed by atoms with Crippen LogP contribution in [0.15, 0.2) is 97.1 Å². The van der Waals surface area contributed by atoms with Gasteiger partial charge in [0.05, 0.1) is 16.8 Å². The van der Waals surface area contributed by atoms with Crippen LogP contribution in [0.25, 0.3) is 11.1 Å². The summed E-state index contributed by atoms with van der Waals surface area (Å²) in [5.41, 5.74) is 21.7. The number of aromatic hydroxyl groups is 2. The number of fused-ring (bicyclic) bond motifs is 3. The summed E-state index contributed by atoms with van der Waals surface area (Å²) in [6, 6.07) is 32.1.